The number of hydrogen-bond donors (Lipinski definition) is 1. The van der Waals surface area contributed by atoms with Crippen LogP contribution in [0.4, 0.5) is 0 Å². The van der Waals surface area contributed by atoms with Gasteiger partial charge in [0.25, 0.3) is 0 Å². The van der Waals surface area contributed by atoms with E-state index in [4.69, 9.17) is 0 Å². The first-order valence-electron chi connectivity index (χ1n) is 6.02. The van der Waals surface area contributed by atoms with Gasteiger partial charge in [0.05, 0.1) is 11.1 Å². The van der Waals surface area contributed by atoms with Gasteiger partial charge in [-0.15, -0.1) is 0 Å². The Labute approximate surface area is 102 Å². The molecule has 0 aliphatic heterocycles. The Balaban J connectivity index is 2.72. The van der Waals surface area contributed by atoms with Gasteiger partial charge in [-0.3, -0.25) is 0 Å². The van der Waals surface area contributed by atoms with E-state index in [-0.39, 0.29) is 5.41 Å². The number of nitrogens with zero attached hydrogens (tertiary/aromatic N) is 1. The van der Waals surface area contributed by atoms with Gasteiger partial charge in [-0.05, 0) is 30.2 Å². The Hall–Kier alpha value is -1.75. The molecule has 0 aliphatic rings. The summed E-state index contributed by atoms with van der Waals surface area (Å²) < 4.78 is 0. The maximum atomic E-state index is 9.20. The van der Waals surface area contributed by atoms with Gasteiger partial charge in [0.1, 0.15) is 6.07 Å². The lowest BCUT2D eigenvalue weighted by Gasteiger charge is -2.15. The molecule has 0 saturated carbocycles. The maximum absolute atomic E-state index is 9.20. The van der Waals surface area contributed by atoms with Crippen LogP contribution in [0.2, 0.25) is 0 Å². The average Bonchev–Trinajstić information content (AvgIpc) is 2.70. The Kier molecular flexibility index (Phi) is 2.71. The summed E-state index contributed by atoms with van der Waals surface area (Å²) in [4.78, 5) is 3.38. The van der Waals surface area contributed by atoms with Crippen molar-refractivity contribution in [3.8, 4) is 6.07 Å². The number of nitriles is 1. The van der Waals surface area contributed by atoms with E-state index in [9.17, 15) is 5.26 Å². The lowest BCUT2D eigenvalue weighted by molar-refractivity contribution is 0.574. The Bertz CT molecular complexity index is 592. The summed E-state index contributed by atoms with van der Waals surface area (Å²) in [7, 11) is 0. The molecular weight excluding hydrogens is 208 g/mol. The highest BCUT2D eigenvalue weighted by Gasteiger charge is 2.17. The second-order valence-electron chi connectivity index (χ2n) is 5.51. The lowest BCUT2D eigenvalue weighted by atomic mass is 9.92. The van der Waals surface area contributed by atoms with Crippen molar-refractivity contribution < 1.29 is 0 Å². The van der Waals surface area contributed by atoms with Gasteiger partial charge >= 0.3 is 0 Å². The van der Waals surface area contributed by atoms with Gasteiger partial charge in [0, 0.05) is 16.5 Å². The van der Waals surface area contributed by atoms with Crippen molar-refractivity contribution in [2.45, 2.75) is 39.5 Å². The van der Waals surface area contributed by atoms with Gasteiger partial charge < -0.3 is 4.98 Å². The molecule has 2 nitrogen and oxygen atoms in total. The number of aromatic amines is 1. The maximum Gasteiger partial charge on any atom is 0.101 e. The molecule has 2 aromatic rings. The van der Waals surface area contributed by atoms with Crippen LogP contribution in [0.1, 0.15) is 44.5 Å². The molecule has 0 spiro atoms. The SMILES string of the molecule is CCc1cc(C#N)c2[nH]c(C(C)(C)C)cc2c1. The standard InChI is InChI=1S/C15H18N2/c1-5-10-6-11-8-13(15(2,3)4)17-14(11)12(7-10)9-16/h6-8,17H,5H2,1-4H3. The van der Waals surface area contributed by atoms with E-state index in [2.05, 4.69) is 50.9 Å². The number of rotatable bonds is 1. The third kappa shape index (κ3) is 2.06. The zero-order valence-electron chi connectivity index (χ0n) is 10.9. The highest BCUT2D eigenvalue weighted by molar-refractivity contribution is 5.86. The number of benzene rings is 1. The topological polar surface area (TPSA) is 39.6 Å². The summed E-state index contributed by atoms with van der Waals surface area (Å²) in [6.07, 6.45) is 0.959. The van der Waals surface area contributed by atoms with E-state index in [1.165, 1.54) is 11.3 Å². The summed E-state index contributed by atoms with van der Waals surface area (Å²) in [6, 6.07) is 8.59. The Morgan fingerprint density at radius 3 is 2.47 bits per heavy atom. The number of aromatic nitrogens is 1. The molecule has 2 heteroatoms. The van der Waals surface area contributed by atoms with Crippen LogP contribution in [-0.4, -0.2) is 4.98 Å². The van der Waals surface area contributed by atoms with E-state index >= 15 is 0 Å². The van der Waals surface area contributed by atoms with Crippen LogP contribution in [0.5, 0.6) is 0 Å². The predicted octanol–water partition coefficient (Wildman–Crippen LogP) is 3.90. The van der Waals surface area contributed by atoms with Crippen LogP contribution < -0.4 is 0 Å². The zero-order valence-corrected chi connectivity index (χ0v) is 10.9. The fourth-order valence-corrected chi connectivity index (χ4v) is 2.00. The molecule has 1 aromatic heterocycles. The number of nitrogens with one attached hydrogen (secondary N) is 1. The fourth-order valence-electron chi connectivity index (χ4n) is 2.00. The van der Waals surface area contributed by atoms with Crippen LogP contribution >= 0.6 is 0 Å². The summed E-state index contributed by atoms with van der Waals surface area (Å²) >= 11 is 0. The van der Waals surface area contributed by atoms with Crippen molar-refractivity contribution in [2.24, 2.45) is 0 Å². The lowest BCUT2D eigenvalue weighted by Crippen LogP contribution is -2.11. The van der Waals surface area contributed by atoms with E-state index in [0.717, 1.165) is 22.9 Å². The molecule has 1 heterocycles. The highest BCUT2D eigenvalue weighted by Crippen LogP contribution is 2.28. The van der Waals surface area contributed by atoms with Crippen molar-refractivity contribution in [3.63, 3.8) is 0 Å². The number of hydrogen-bond acceptors (Lipinski definition) is 1. The molecule has 0 radical (unpaired) electrons. The van der Waals surface area contributed by atoms with Crippen LogP contribution in [-0.2, 0) is 11.8 Å². The third-order valence-electron chi connectivity index (χ3n) is 3.12. The minimum absolute atomic E-state index is 0.0815. The van der Waals surface area contributed by atoms with Crippen LogP contribution in [0.25, 0.3) is 10.9 Å². The minimum Gasteiger partial charge on any atom is -0.357 e. The third-order valence-corrected chi connectivity index (χ3v) is 3.12. The monoisotopic (exact) mass is 226 g/mol. The molecule has 0 amide bonds. The van der Waals surface area contributed by atoms with Crippen LogP contribution in [0, 0.1) is 11.3 Å². The van der Waals surface area contributed by atoms with E-state index in [1.54, 1.807) is 0 Å². The summed E-state index contributed by atoms with van der Waals surface area (Å²) in [5.74, 6) is 0. The molecule has 1 N–H and O–H groups in total. The normalized spacial score (nSPS) is 11.7. The molecule has 88 valence electrons. The highest BCUT2D eigenvalue weighted by atomic mass is 14.7. The first-order chi connectivity index (χ1) is 7.95. The average molecular weight is 226 g/mol. The summed E-state index contributed by atoms with van der Waals surface area (Å²) in [5, 5.41) is 10.3. The van der Waals surface area contributed by atoms with Crippen molar-refractivity contribution in [1.82, 2.24) is 4.98 Å². The quantitative estimate of drug-likeness (QED) is 0.787. The Morgan fingerprint density at radius 1 is 1.24 bits per heavy atom. The molecule has 1 aromatic carbocycles. The van der Waals surface area contributed by atoms with E-state index in [0.29, 0.717) is 0 Å². The molecule has 0 saturated heterocycles. The number of aryl methyl sites for hydroxylation is 1. The minimum atomic E-state index is 0.0815. The summed E-state index contributed by atoms with van der Waals surface area (Å²) in [6.45, 7) is 8.62. The largest absolute Gasteiger partial charge is 0.357 e. The van der Waals surface area contributed by atoms with Gasteiger partial charge in [-0.1, -0.05) is 27.7 Å². The van der Waals surface area contributed by atoms with Gasteiger partial charge in [0.15, 0.2) is 0 Å². The van der Waals surface area contributed by atoms with E-state index in [1.807, 2.05) is 6.07 Å². The first kappa shape index (κ1) is 11.7. The van der Waals surface area contributed by atoms with Gasteiger partial charge in [0.2, 0.25) is 0 Å². The molecule has 0 bridgehead atoms. The summed E-state index contributed by atoms with van der Waals surface area (Å²) in [5.41, 5.74) is 4.19. The Morgan fingerprint density at radius 2 is 1.94 bits per heavy atom. The van der Waals surface area contributed by atoms with E-state index < -0.39 is 0 Å². The molecule has 17 heavy (non-hydrogen) atoms. The van der Waals surface area contributed by atoms with Gasteiger partial charge in [-0.2, -0.15) is 5.26 Å². The molecule has 0 aliphatic carbocycles. The number of H-pyrrole nitrogens is 1. The van der Waals surface area contributed by atoms with Crippen molar-refractivity contribution in [1.29, 1.82) is 5.26 Å². The molecule has 0 atom stereocenters. The fraction of sp³-hybridized carbons (Fsp3) is 0.400. The second kappa shape index (κ2) is 3.92. The molecule has 2 rings (SSSR count). The molecule has 0 fully saturated rings. The molecular formula is C15H18N2. The first-order valence-corrected chi connectivity index (χ1v) is 6.02. The van der Waals surface area contributed by atoms with Crippen molar-refractivity contribution in [2.75, 3.05) is 0 Å². The zero-order chi connectivity index (χ0) is 12.6. The van der Waals surface area contributed by atoms with Crippen LogP contribution in [0.15, 0.2) is 18.2 Å². The number of fused-ring (bicyclic) bond motifs is 1. The molecule has 0 unspecified atom stereocenters. The van der Waals surface area contributed by atoms with Gasteiger partial charge in [-0.25, -0.2) is 0 Å². The predicted molar refractivity (Wildman–Crippen MR) is 71.1 cm³/mol. The van der Waals surface area contributed by atoms with Crippen molar-refractivity contribution >= 4 is 10.9 Å². The van der Waals surface area contributed by atoms with Crippen molar-refractivity contribution in [3.05, 3.63) is 35.0 Å². The smallest absolute Gasteiger partial charge is 0.101 e. The second-order valence-corrected chi connectivity index (χ2v) is 5.51. The van der Waals surface area contributed by atoms with Crippen LogP contribution in [0.3, 0.4) is 0 Å².